The lowest BCUT2D eigenvalue weighted by molar-refractivity contribution is 0.347. The molecule has 6 nitrogen and oxygen atoms in total. The molecule has 8 heteroatoms. The van der Waals surface area contributed by atoms with Gasteiger partial charge in [0.25, 0.3) is 0 Å². The first-order chi connectivity index (χ1) is 14.5. The van der Waals surface area contributed by atoms with Gasteiger partial charge >= 0.3 is 0 Å². The SMILES string of the molecule is COc1ccc(-c2csc(C3=C(O)CN(Cc4ccccc4Cl)C3=N)n2)cc1OC. The summed E-state index contributed by atoms with van der Waals surface area (Å²) in [6.07, 6.45) is 0. The number of benzene rings is 2. The van der Waals surface area contributed by atoms with Crippen molar-refractivity contribution in [1.82, 2.24) is 9.88 Å². The van der Waals surface area contributed by atoms with Gasteiger partial charge in [-0.2, -0.15) is 0 Å². The standard InChI is InChI=1S/C22H20ClN3O3S/c1-28-18-8-7-13(9-19(18)29-2)16-12-30-22(25-16)20-17(27)11-26(21(20)24)10-14-5-3-4-6-15(14)23/h3-9,12,24,27H,10-11H2,1-2H3. The Morgan fingerprint density at radius 3 is 2.67 bits per heavy atom. The second-order valence-corrected chi connectivity index (χ2v) is 7.99. The van der Waals surface area contributed by atoms with Crippen LogP contribution >= 0.6 is 22.9 Å². The molecule has 0 atom stereocenters. The van der Waals surface area contributed by atoms with Crippen molar-refractivity contribution in [3.05, 3.63) is 69.2 Å². The molecule has 0 amide bonds. The third-order valence-corrected chi connectivity index (χ3v) is 6.13. The fraction of sp³-hybridized carbons (Fsp3) is 0.182. The Labute approximate surface area is 183 Å². The van der Waals surface area contributed by atoms with Crippen LogP contribution in [-0.2, 0) is 6.54 Å². The van der Waals surface area contributed by atoms with E-state index in [0.717, 1.165) is 16.8 Å². The maximum absolute atomic E-state index is 10.6. The zero-order chi connectivity index (χ0) is 21.3. The Morgan fingerprint density at radius 1 is 1.17 bits per heavy atom. The van der Waals surface area contributed by atoms with Crippen LogP contribution in [-0.4, -0.2) is 41.6 Å². The Bertz CT molecular complexity index is 1140. The van der Waals surface area contributed by atoms with E-state index in [1.807, 2.05) is 47.8 Å². The molecular weight excluding hydrogens is 422 g/mol. The predicted octanol–water partition coefficient (Wildman–Crippen LogP) is 5.24. The number of rotatable bonds is 6. The minimum Gasteiger partial charge on any atom is -0.510 e. The lowest BCUT2D eigenvalue weighted by atomic mass is 10.1. The molecular formula is C22H20ClN3O3S. The molecule has 0 saturated heterocycles. The number of hydrogen-bond donors (Lipinski definition) is 2. The molecule has 0 fully saturated rings. The summed E-state index contributed by atoms with van der Waals surface area (Å²) in [5.74, 6) is 1.64. The Hall–Kier alpha value is -3.03. The van der Waals surface area contributed by atoms with Gasteiger partial charge in [-0.1, -0.05) is 29.8 Å². The largest absolute Gasteiger partial charge is 0.510 e. The molecule has 0 bridgehead atoms. The van der Waals surface area contributed by atoms with Gasteiger partial charge in [0.1, 0.15) is 16.6 Å². The van der Waals surface area contributed by atoms with Crippen molar-refractivity contribution in [1.29, 1.82) is 5.41 Å². The van der Waals surface area contributed by atoms with Crippen LogP contribution in [0.3, 0.4) is 0 Å². The molecule has 30 heavy (non-hydrogen) atoms. The molecule has 0 unspecified atom stereocenters. The van der Waals surface area contributed by atoms with Crippen molar-refractivity contribution in [3.63, 3.8) is 0 Å². The predicted molar refractivity (Wildman–Crippen MR) is 120 cm³/mol. The smallest absolute Gasteiger partial charge is 0.161 e. The van der Waals surface area contributed by atoms with Gasteiger partial charge in [0.05, 0.1) is 32.0 Å². The number of nitrogens with zero attached hydrogens (tertiary/aromatic N) is 2. The van der Waals surface area contributed by atoms with Crippen LogP contribution in [0.1, 0.15) is 10.6 Å². The first-order valence-electron chi connectivity index (χ1n) is 9.19. The van der Waals surface area contributed by atoms with Gasteiger partial charge in [0.15, 0.2) is 11.5 Å². The van der Waals surface area contributed by atoms with Crippen LogP contribution in [0.4, 0.5) is 0 Å². The van der Waals surface area contributed by atoms with Crippen molar-refractivity contribution < 1.29 is 14.6 Å². The third-order valence-electron chi connectivity index (χ3n) is 4.90. The summed E-state index contributed by atoms with van der Waals surface area (Å²) in [5, 5.41) is 22.3. The molecule has 154 valence electrons. The number of amidine groups is 1. The first-order valence-corrected chi connectivity index (χ1v) is 10.4. The fourth-order valence-corrected chi connectivity index (χ4v) is 4.43. The van der Waals surface area contributed by atoms with Gasteiger partial charge in [-0.05, 0) is 29.8 Å². The quantitative estimate of drug-likeness (QED) is 0.546. The normalized spacial score (nSPS) is 13.8. The molecule has 1 aliphatic rings. The number of hydrogen-bond acceptors (Lipinski definition) is 6. The maximum Gasteiger partial charge on any atom is 0.161 e. The third kappa shape index (κ3) is 3.74. The fourth-order valence-electron chi connectivity index (χ4n) is 3.34. The second kappa shape index (κ2) is 8.38. The molecule has 4 rings (SSSR count). The molecule has 3 aromatic rings. The molecule has 0 radical (unpaired) electrons. The summed E-state index contributed by atoms with van der Waals surface area (Å²) in [4.78, 5) is 6.45. The van der Waals surface area contributed by atoms with Crippen molar-refractivity contribution in [2.45, 2.75) is 6.54 Å². The Balaban J connectivity index is 1.58. The van der Waals surface area contributed by atoms with Gasteiger partial charge in [-0.15, -0.1) is 11.3 Å². The highest BCUT2D eigenvalue weighted by Gasteiger charge is 2.30. The zero-order valence-corrected chi connectivity index (χ0v) is 18.0. The molecule has 2 heterocycles. The van der Waals surface area contributed by atoms with Crippen molar-refractivity contribution in [2.75, 3.05) is 20.8 Å². The average Bonchev–Trinajstić information content (AvgIpc) is 3.33. The topological polar surface area (TPSA) is 78.7 Å². The number of aliphatic hydroxyl groups is 1. The summed E-state index contributed by atoms with van der Waals surface area (Å²) in [6.45, 7) is 0.699. The molecule has 1 aromatic heterocycles. The number of nitrogens with one attached hydrogen (secondary N) is 1. The van der Waals surface area contributed by atoms with Crippen LogP contribution in [0.5, 0.6) is 11.5 Å². The van der Waals surface area contributed by atoms with Crippen LogP contribution < -0.4 is 9.47 Å². The van der Waals surface area contributed by atoms with Gasteiger partial charge in [0.2, 0.25) is 0 Å². The summed E-state index contributed by atoms with van der Waals surface area (Å²) in [7, 11) is 3.18. The minimum absolute atomic E-state index is 0.139. The van der Waals surface area contributed by atoms with E-state index in [1.165, 1.54) is 11.3 Å². The zero-order valence-electron chi connectivity index (χ0n) is 16.5. The van der Waals surface area contributed by atoms with E-state index in [1.54, 1.807) is 19.1 Å². The maximum atomic E-state index is 10.6. The molecule has 0 saturated carbocycles. The number of ether oxygens (including phenoxy) is 2. The minimum atomic E-state index is 0.139. The Kier molecular flexibility index (Phi) is 5.65. The van der Waals surface area contributed by atoms with E-state index in [4.69, 9.17) is 26.5 Å². The molecule has 2 aromatic carbocycles. The summed E-state index contributed by atoms with van der Waals surface area (Å²) in [6, 6.07) is 13.1. The highest BCUT2D eigenvalue weighted by Crippen LogP contribution is 2.36. The van der Waals surface area contributed by atoms with E-state index in [2.05, 4.69) is 4.98 Å². The highest BCUT2D eigenvalue weighted by molar-refractivity contribution is 7.11. The van der Waals surface area contributed by atoms with Crippen molar-refractivity contribution >= 4 is 34.3 Å². The van der Waals surface area contributed by atoms with Gasteiger partial charge in [-0.3, -0.25) is 5.41 Å². The number of thiazole rings is 1. The Morgan fingerprint density at radius 2 is 1.93 bits per heavy atom. The summed E-state index contributed by atoms with van der Waals surface area (Å²) >= 11 is 7.64. The molecule has 2 N–H and O–H groups in total. The van der Waals surface area contributed by atoms with Crippen LogP contribution in [0, 0.1) is 5.41 Å². The van der Waals surface area contributed by atoms with Gasteiger partial charge in [0, 0.05) is 22.5 Å². The van der Waals surface area contributed by atoms with E-state index in [-0.39, 0.29) is 18.1 Å². The second-order valence-electron chi connectivity index (χ2n) is 6.73. The molecule has 0 aliphatic carbocycles. The number of aromatic nitrogens is 1. The highest BCUT2D eigenvalue weighted by atomic mass is 35.5. The number of methoxy groups -OCH3 is 2. The van der Waals surface area contributed by atoms with Crippen LogP contribution in [0.2, 0.25) is 5.02 Å². The van der Waals surface area contributed by atoms with Gasteiger partial charge in [-0.25, -0.2) is 4.98 Å². The summed E-state index contributed by atoms with van der Waals surface area (Å²) < 4.78 is 10.7. The lowest BCUT2D eigenvalue weighted by Crippen LogP contribution is -2.26. The molecule has 0 spiro atoms. The van der Waals surface area contributed by atoms with Crippen molar-refractivity contribution in [2.24, 2.45) is 0 Å². The average molecular weight is 442 g/mol. The summed E-state index contributed by atoms with van der Waals surface area (Å²) in [5.41, 5.74) is 2.98. The lowest BCUT2D eigenvalue weighted by Gasteiger charge is -2.19. The van der Waals surface area contributed by atoms with Crippen molar-refractivity contribution in [3.8, 4) is 22.8 Å². The number of halogens is 1. The molecule has 1 aliphatic heterocycles. The first kappa shape index (κ1) is 20.3. The van der Waals surface area contributed by atoms with E-state index >= 15 is 0 Å². The number of aliphatic hydroxyl groups excluding tert-OH is 1. The van der Waals surface area contributed by atoms with Crippen LogP contribution in [0.15, 0.2) is 53.6 Å². The van der Waals surface area contributed by atoms with Gasteiger partial charge < -0.3 is 19.5 Å². The van der Waals surface area contributed by atoms with E-state index < -0.39 is 0 Å². The van der Waals surface area contributed by atoms with Crippen LogP contribution in [0.25, 0.3) is 16.8 Å². The van der Waals surface area contributed by atoms with E-state index in [9.17, 15) is 5.11 Å². The van der Waals surface area contributed by atoms with E-state index in [0.29, 0.717) is 33.6 Å². The monoisotopic (exact) mass is 441 g/mol.